The maximum atomic E-state index is 11.8. The van der Waals surface area contributed by atoms with Gasteiger partial charge in [-0.1, -0.05) is 42.0 Å². The first-order chi connectivity index (χ1) is 9.65. The number of para-hydroxylation sites is 1. The molecule has 1 amide bonds. The van der Waals surface area contributed by atoms with Crippen molar-refractivity contribution in [3.63, 3.8) is 0 Å². The first-order valence-electron chi connectivity index (χ1n) is 6.64. The average Bonchev–Trinajstić information content (AvgIpc) is 2.44. The predicted octanol–water partition coefficient (Wildman–Crippen LogP) is 4.18. The van der Waals surface area contributed by atoms with Gasteiger partial charge in [0.05, 0.1) is 5.75 Å². The van der Waals surface area contributed by atoms with Crippen LogP contribution in [0.5, 0.6) is 0 Å². The van der Waals surface area contributed by atoms with E-state index in [1.54, 1.807) is 11.8 Å². The number of anilines is 1. The zero-order valence-electron chi connectivity index (χ0n) is 11.8. The molecule has 0 saturated heterocycles. The van der Waals surface area contributed by atoms with Crippen LogP contribution in [-0.4, -0.2) is 11.7 Å². The van der Waals surface area contributed by atoms with E-state index in [1.807, 2.05) is 30.3 Å². The number of carbonyl (C=O) groups is 1. The van der Waals surface area contributed by atoms with Gasteiger partial charge in [0.2, 0.25) is 5.91 Å². The molecular weight excluding hydrogens is 266 g/mol. The molecule has 1 N–H and O–H groups in total. The monoisotopic (exact) mass is 285 g/mol. The number of hydrogen-bond acceptors (Lipinski definition) is 2. The summed E-state index contributed by atoms with van der Waals surface area (Å²) >= 11 is 1.64. The van der Waals surface area contributed by atoms with Crippen LogP contribution < -0.4 is 5.32 Å². The second kappa shape index (κ2) is 7.15. The van der Waals surface area contributed by atoms with Gasteiger partial charge in [-0.25, -0.2) is 0 Å². The average molecular weight is 285 g/mol. The molecular formula is C17H19NOS. The van der Waals surface area contributed by atoms with Crippen molar-refractivity contribution < 1.29 is 4.79 Å². The van der Waals surface area contributed by atoms with Crippen molar-refractivity contribution in [1.29, 1.82) is 0 Å². The van der Waals surface area contributed by atoms with Crippen molar-refractivity contribution in [2.75, 3.05) is 11.1 Å². The van der Waals surface area contributed by atoms with E-state index in [2.05, 4.69) is 37.4 Å². The second-order valence-corrected chi connectivity index (χ2v) is 5.82. The predicted molar refractivity (Wildman–Crippen MR) is 87.1 cm³/mol. The number of carbonyl (C=O) groups excluding carboxylic acids is 1. The van der Waals surface area contributed by atoms with Gasteiger partial charge in [0, 0.05) is 11.4 Å². The van der Waals surface area contributed by atoms with E-state index in [1.165, 1.54) is 16.7 Å². The lowest BCUT2D eigenvalue weighted by Crippen LogP contribution is -2.14. The quantitative estimate of drug-likeness (QED) is 0.893. The third-order valence-electron chi connectivity index (χ3n) is 3.05. The first kappa shape index (κ1) is 14.7. The van der Waals surface area contributed by atoms with Gasteiger partial charge >= 0.3 is 0 Å². The van der Waals surface area contributed by atoms with Crippen LogP contribution in [0.4, 0.5) is 5.69 Å². The number of hydrogen-bond donors (Lipinski definition) is 1. The van der Waals surface area contributed by atoms with Gasteiger partial charge in [0.15, 0.2) is 0 Å². The molecule has 2 rings (SSSR count). The van der Waals surface area contributed by atoms with E-state index < -0.39 is 0 Å². The molecule has 3 heteroatoms. The summed E-state index contributed by atoms with van der Waals surface area (Å²) in [5.74, 6) is 1.39. The van der Waals surface area contributed by atoms with Crippen molar-refractivity contribution in [2.45, 2.75) is 19.6 Å². The van der Waals surface area contributed by atoms with Crippen molar-refractivity contribution in [3.05, 3.63) is 65.2 Å². The lowest BCUT2D eigenvalue weighted by molar-refractivity contribution is -0.113. The topological polar surface area (TPSA) is 29.1 Å². The fraction of sp³-hybridized carbons (Fsp3) is 0.235. The number of thioether (sulfide) groups is 1. The number of amides is 1. The molecule has 0 spiro atoms. The van der Waals surface area contributed by atoms with Gasteiger partial charge in [0.25, 0.3) is 0 Å². The largest absolute Gasteiger partial charge is 0.325 e. The smallest absolute Gasteiger partial charge is 0.234 e. The SMILES string of the molecule is Cc1ccc(C)c(CSCC(=O)Nc2ccccc2)c1. The minimum atomic E-state index is 0.0477. The van der Waals surface area contributed by atoms with Gasteiger partial charge in [-0.05, 0) is 37.1 Å². The number of rotatable bonds is 5. The first-order valence-corrected chi connectivity index (χ1v) is 7.79. The van der Waals surface area contributed by atoms with Gasteiger partial charge in [-0.2, -0.15) is 0 Å². The van der Waals surface area contributed by atoms with Crippen LogP contribution in [-0.2, 0) is 10.5 Å². The molecule has 0 atom stereocenters. The van der Waals surface area contributed by atoms with Crippen LogP contribution >= 0.6 is 11.8 Å². The molecule has 2 nitrogen and oxygen atoms in total. The summed E-state index contributed by atoms with van der Waals surface area (Å²) in [7, 11) is 0. The molecule has 2 aromatic rings. The number of nitrogens with one attached hydrogen (secondary N) is 1. The van der Waals surface area contributed by atoms with Gasteiger partial charge in [-0.3, -0.25) is 4.79 Å². The Morgan fingerprint density at radius 2 is 1.85 bits per heavy atom. The Labute approximate surface area is 124 Å². The molecule has 0 aromatic heterocycles. The lowest BCUT2D eigenvalue weighted by atomic mass is 10.1. The number of aryl methyl sites for hydroxylation is 2. The highest BCUT2D eigenvalue weighted by atomic mass is 32.2. The lowest BCUT2D eigenvalue weighted by Gasteiger charge is -2.07. The molecule has 0 bridgehead atoms. The van der Waals surface area contributed by atoms with Gasteiger partial charge in [-0.15, -0.1) is 11.8 Å². The van der Waals surface area contributed by atoms with E-state index in [0.29, 0.717) is 5.75 Å². The highest BCUT2D eigenvalue weighted by molar-refractivity contribution is 7.99. The standard InChI is InChI=1S/C17H19NOS/c1-13-8-9-14(2)15(10-13)11-20-12-17(19)18-16-6-4-3-5-7-16/h3-10H,11-12H2,1-2H3,(H,18,19). The minimum Gasteiger partial charge on any atom is -0.325 e. The summed E-state index contributed by atoms with van der Waals surface area (Å²) < 4.78 is 0. The Morgan fingerprint density at radius 3 is 2.60 bits per heavy atom. The van der Waals surface area contributed by atoms with E-state index in [0.717, 1.165) is 11.4 Å². The van der Waals surface area contributed by atoms with Crippen molar-refractivity contribution >= 4 is 23.4 Å². The summed E-state index contributed by atoms with van der Waals surface area (Å²) in [5.41, 5.74) is 4.71. The summed E-state index contributed by atoms with van der Waals surface area (Å²) in [6.45, 7) is 4.20. The molecule has 0 unspecified atom stereocenters. The van der Waals surface area contributed by atoms with Crippen LogP contribution in [0, 0.1) is 13.8 Å². The molecule has 0 radical (unpaired) electrons. The van der Waals surface area contributed by atoms with Crippen molar-refractivity contribution in [1.82, 2.24) is 0 Å². The third kappa shape index (κ3) is 4.42. The minimum absolute atomic E-state index is 0.0477. The van der Waals surface area contributed by atoms with Crippen molar-refractivity contribution in [2.24, 2.45) is 0 Å². The van der Waals surface area contributed by atoms with Gasteiger partial charge in [0.1, 0.15) is 0 Å². The Hall–Kier alpha value is -1.74. The Kier molecular flexibility index (Phi) is 5.24. The normalized spacial score (nSPS) is 10.3. The van der Waals surface area contributed by atoms with Crippen LogP contribution in [0.2, 0.25) is 0 Å². The van der Waals surface area contributed by atoms with Crippen LogP contribution in [0.25, 0.3) is 0 Å². The molecule has 2 aromatic carbocycles. The third-order valence-corrected chi connectivity index (χ3v) is 4.03. The van der Waals surface area contributed by atoms with E-state index in [-0.39, 0.29) is 5.91 Å². The van der Waals surface area contributed by atoms with E-state index in [4.69, 9.17) is 0 Å². The van der Waals surface area contributed by atoms with Gasteiger partial charge < -0.3 is 5.32 Å². The molecule has 0 heterocycles. The Morgan fingerprint density at radius 1 is 1.10 bits per heavy atom. The fourth-order valence-corrected chi connectivity index (χ4v) is 2.82. The molecule has 104 valence electrons. The molecule has 20 heavy (non-hydrogen) atoms. The second-order valence-electron chi connectivity index (χ2n) is 4.84. The summed E-state index contributed by atoms with van der Waals surface area (Å²) in [6.07, 6.45) is 0. The molecule has 0 aliphatic carbocycles. The highest BCUT2D eigenvalue weighted by Crippen LogP contribution is 2.18. The Balaban J connectivity index is 1.81. The summed E-state index contributed by atoms with van der Waals surface area (Å²) in [6, 6.07) is 16.0. The molecule has 0 fully saturated rings. The Bertz CT molecular complexity index is 581. The molecule has 0 aliphatic heterocycles. The zero-order valence-corrected chi connectivity index (χ0v) is 12.7. The maximum absolute atomic E-state index is 11.8. The van der Waals surface area contributed by atoms with Crippen molar-refractivity contribution in [3.8, 4) is 0 Å². The zero-order chi connectivity index (χ0) is 14.4. The van der Waals surface area contributed by atoms with E-state index >= 15 is 0 Å². The number of benzene rings is 2. The molecule has 0 saturated carbocycles. The van der Waals surface area contributed by atoms with Crippen LogP contribution in [0.3, 0.4) is 0 Å². The summed E-state index contributed by atoms with van der Waals surface area (Å²) in [5, 5.41) is 2.89. The van der Waals surface area contributed by atoms with Crippen LogP contribution in [0.1, 0.15) is 16.7 Å². The fourth-order valence-electron chi connectivity index (χ4n) is 1.93. The van der Waals surface area contributed by atoms with E-state index in [9.17, 15) is 4.79 Å². The van der Waals surface area contributed by atoms with Crippen LogP contribution in [0.15, 0.2) is 48.5 Å². The molecule has 0 aliphatic rings. The highest BCUT2D eigenvalue weighted by Gasteiger charge is 2.04. The maximum Gasteiger partial charge on any atom is 0.234 e. The summed E-state index contributed by atoms with van der Waals surface area (Å²) in [4.78, 5) is 11.8.